The molecule has 0 saturated heterocycles. The van der Waals surface area contributed by atoms with Gasteiger partial charge < -0.3 is 10.5 Å². The molecule has 2 fully saturated rings. The van der Waals surface area contributed by atoms with Crippen molar-refractivity contribution in [1.82, 2.24) is 0 Å². The van der Waals surface area contributed by atoms with Gasteiger partial charge in [0, 0.05) is 17.9 Å². The molecule has 1 spiro atoms. The molecule has 2 aromatic rings. The van der Waals surface area contributed by atoms with Gasteiger partial charge in [-0.05, 0) is 35.7 Å². The molecule has 0 heterocycles. The summed E-state index contributed by atoms with van der Waals surface area (Å²) in [7, 11) is 0. The normalized spacial score (nSPS) is 27.5. The van der Waals surface area contributed by atoms with Gasteiger partial charge in [-0.2, -0.15) is 0 Å². The maximum Gasteiger partial charge on any atom is 0.120 e. The molecule has 2 aromatic carbocycles. The average Bonchev–Trinajstić information content (AvgIpc) is 2.55. The second-order valence-corrected chi connectivity index (χ2v) is 6.75. The molecular formula is C19H23NO. The number of benzene rings is 2. The Labute approximate surface area is 126 Å². The van der Waals surface area contributed by atoms with Gasteiger partial charge in [-0.3, -0.25) is 0 Å². The van der Waals surface area contributed by atoms with Crippen LogP contribution in [0.3, 0.4) is 0 Å². The number of hydrogen-bond donors (Lipinski definition) is 1. The van der Waals surface area contributed by atoms with E-state index < -0.39 is 0 Å². The van der Waals surface area contributed by atoms with E-state index in [1.807, 2.05) is 0 Å². The molecular weight excluding hydrogens is 258 g/mol. The standard InChI is InChI=1S/C19H23NO/c20-17-13-18(19(17)10-4-1-5-11-19)21-16-9-8-14-6-2-3-7-15(14)12-16/h2-3,6-9,12,17-18H,1,4-5,10-11,13,20H2. The van der Waals surface area contributed by atoms with Crippen LogP contribution in [0.1, 0.15) is 38.5 Å². The summed E-state index contributed by atoms with van der Waals surface area (Å²) in [5.41, 5.74) is 6.60. The Kier molecular flexibility index (Phi) is 3.15. The summed E-state index contributed by atoms with van der Waals surface area (Å²) >= 11 is 0. The zero-order chi connectivity index (χ0) is 14.3. The third kappa shape index (κ3) is 2.13. The van der Waals surface area contributed by atoms with Gasteiger partial charge in [0.05, 0.1) is 0 Å². The smallest absolute Gasteiger partial charge is 0.120 e. The molecule has 0 aliphatic heterocycles. The Hall–Kier alpha value is -1.54. The molecule has 2 heteroatoms. The molecule has 2 nitrogen and oxygen atoms in total. The topological polar surface area (TPSA) is 35.2 Å². The molecule has 21 heavy (non-hydrogen) atoms. The third-order valence-electron chi connectivity index (χ3n) is 5.63. The fourth-order valence-electron chi connectivity index (χ4n) is 4.25. The van der Waals surface area contributed by atoms with Gasteiger partial charge in [0.15, 0.2) is 0 Å². The molecule has 2 N–H and O–H groups in total. The van der Waals surface area contributed by atoms with Gasteiger partial charge in [0.25, 0.3) is 0 Å². The molecule has 2 unspecified atom stereocenters. The van der Waals surface area contributed by atoms with Crippen LogP contribution in [0.2, 0.25) is 0 Å². The highest BCUT2D eigenvalue weighted by Gasteiger charge is 2.54. The van der Waals surface area contributed by atoms with E-state index in [4.69, 9.17) is 10.5 Å². The van der Waals surface area contributed by atoms with Gasteiger partial charge in [-0.1, -0.05) is 49.6 Å². The largest absolute Gasteiger partial charge is 0.490 e. The van der Waals surface area contributed by atoms with Crippen LogP contribution in [-0.2, 0) is 0 Å². The molecule has 0 amide bonds. The SMILES string of the molecule is NC1CC(Oc2ccc3ccccc3c2)C12CCCCC2. The molecule has 4 rings (SSSR count). The summed E-state index contributed by atoms with van der Waals surface area (Å²) in [6, 6.07) is 15.2. The van der Waals surface area contributed by atoms with Crippen LogP contribution in [-0.4, -0.2) is 12.1 Å². The van der Waals surface area contributed by atoms with Crippen molar-refractivity contribution in [2.45, 2.75) is 50.7 Å². The van der Waals surface area contributed by atoms with E-state index in [9.17, 15) is 0 Å². The van der Waals surface area contributed by atoms with E-state index in [0.29, 0.717) is 12.1 Å². The fraction of sp³-hybridized carbons (Fsp3) is 0.474. The summed E-state index contributed by atoms with van der Waals surface area (Å²) < 4.78 is 6.34. The van der Waals surface area contributed by atoms with Crippen molar-refractivity contribution in [3.05, 3.63) is 42.5 Å². The maximum atomic E-state index is 6.34. The minimum atomic E-state index is 0.254. The van der Waals surface area contributed by atoms with Crippen molar-refractivity contribution in [3.63, 3.8) is 0 Å². The summed E-state index contributed by atoms with van der Waals surface area (Å²) in [6.45, 7) is 0. The van der Waals surface area contributed by atoms with Crippen LogP contribution in [0.25, 0.3) is 10.8 Å². The highest BCUT2D eigenvalue weighted by molar-refractivity contribution is 5.83. The molecule has 2 aliphatic carbocycles. The average molecular weight is 281 g/mol. The van der Waals surface area contributed by atoms with Crippen LogP contribution < -0.4 is 10.5 Å². The van der Waals surface area contributed by atoms with Crippen LogP contribution in [0.5, 0.6) is 5.75 Å². The Balaban J connectivity index is 1.57. The first-order chi connectivity index (χ1) is 10.3. The Morgan fingerprint density at radius 3 is 2.48 bits per heavy atom. The van der Waals surface area contributed by atoms with Crippen LogP contribution >= 0.6 is 0 Å². The number of fused-ring (bicyclic) bond motifs is 1. The second kappa shape index (κ2) is 5.03. The summed E-state index contributed by atoms with van der Waals surface area (Å²) in [5.74, 6) is 0.996. The minimum absolute atomic E-state index is 0.254. The predicted octanol–water partition coefficient (Wildman–Crippen LogP) is 4.27. The van der Waals surface area contributed by atoms with Crippen LogP contribution in [0.4, 0.5) is 0 Å². The van der Waals surface area contributed by atoms with Gasteiger partial charge in [0.2, 0.25) is 0 Å². The van der Waals surface area contributed by atoms with E-state index in [0.717, 1.165) is 12.2 Å². The van der Waals surface area contributed by atoms with Gasteiger partial charge in [-0.25, -0.2) is 0 Å². The number of ether oxygens (including phenoxy) is 1. The number of hydrogen-bond acceptors (Lipinski definition) is 2. The van der Waals surface area contributed by atoms with Crippen molar-refractivity contribution < 1.29 is 4.74 Å². The van der Waals surface area contributed by atoms with Crippen molar-refractivity contribution in [2.75, 3.05) is 0 Å². The van der Waals surface area contributed by atoms with Crippen LogP contribution in [0.15, 0.2) is 42.5 Å². The van der Waals surface area contributed by atoms with E-state index in [2.05, 4.69) is 42.5 Å². The monoisotopic (exact) mass is 281 g/mol. The lowest BCUT2D eigenvalue weighted by molar-refractivity contribution is -0.0897. The van der Waals surface area contributed by atoms with Crippen molar-refractivity contribution in [2.24, 2.45) is 11.1 Å². The summed E-state index contributed by atoms with van der Waals surface area (Å²) in [5, 5.41) is 2.51. The predicted molar refractivity (Wildman–Crippen MR) is 86.5 cm³/mol. The minimum Gasteiger partial charge on any atom is -0.490 e. The first kappa shape index (κ1) is 13.1. The highest BCUT2D eigenvalue weighted by atomic mass is 16.5. The van der Waals surface area contributed by atoms with Gasteiger partial charge >= 0.3 is 0 Å². The molecule has 0 radical (unpaired) electrons. The fourth-order valence-corrected chi connectivity index (χ4v) is 4.25. The zero-order valence-electron chi connectivity index (χ0n) is 12.4. The van der Waals surface area contributed by atoms with E-state index in [1.165, 1.54) is 42.9 Å². The molecule has 2 atom stereocenters. The second-order valence-electron chi connectivity index (χ2n) is 6.75. The lowest BCUT2D eigenvalue weighted by Gasteiger charge is -2.56. The summed E-state index contributed by atoms with van der Waals surface area (Å²) in [4.78, 5) is 0. The molecule has 110 valence electrons. The van der Waals surface area contributed by atoms with E-state index in [1.54, 1.807) is 0 Å². The zero-order valence-corrected chi connectivity index (χ0v) is 12.4. The summed E-state index contributed by atoms with van der Waals surface area (Å²) in [6.07, 6.45) is 7.79. The maximum absolute atomic E-state index is 6.34. The third-order valence-corrected chi connectivity index (χ3v) is 5.63. The van der Waals surface area contributed by atoms with Gasteiger partial charge in [0.1, 0.15) is 11.9 Å². The Morgan fingerprint density at radius 2 is 1.71 bits per heavy atom. The lowest BCUT2D eigenvalue weighted by Crippen LogP contribution is -2.64. The quantitative estimate of drug-likeness (QED) is 0.892. The van der Waals surface area contributed by atoms with Crippen molar-refractivity contribution in [3.8, 4) is 5.75 Å². The first-order valence-electron chi connectivity index (χ1n) is 8.19. The van der Waals surface area contributed by atoms with Crippen molar-refractivity contribution in [1.29, 1.82) is 0 Å². The van der Waals surface area contributed by atoms with Crippen molar-refractivity contribution >= 4 is 10.8 Å². The van der Waals surface area contributed by atoms with Crippen LogP contribution in [0, 0.1) is 5.41 Å². The van der Waals surface area contributed by atoms with E-state index in [-0.39, 0.29) is 5.41 Å². The lowest BCUT2D eigenvalue weighted by atomic mass is 9.55. The molecule has 2 aliphatic rings. The number of rotatable bonds is 2. The molecule has 0 bridgehead atoms. The highest BCUT2D eigenvalue weighted by Crippen LogP contribution is 2.52. The first-order valence-corrected chi connectivity index (χ1v) is 8.19. The molecule has 0 aromatic heterocycles. The Bertz CT molecular complexity index is 645. The van der Waals surface area contributed by atoms with Gasteiger partial charge in [-0.15, -0.1) is 0 Å². The Morgan fingerprint density at radius 1 is 0.952 bits per heavy atom. The van der Waals surface area contributed by atoms with E-state index >= 15 is 0 Å². The number of nitrogens with two attached hydrogens (primary N) is 1. The molecule has 2 saturated carbocycles.